The molecule has 16 heavy (non-hydrogen) atoms. The third-order valence-corrected chi connectivity index (χ3v) is 3.26. The summed E-state index contributed by atoms with van der Waals surface area (Å²) in [5, 5.41) is 0. The molecule has 0 aliphatic heterocycles. The van der Waals surface area contributed by atoms with Gasteiger partial charge in [-0.25, -0.2) is 0 Å². The maximum Gasteiger partial charge on any atom is 0.0950 e. The lowest BCUT2D eigenvalue weighted by Gasteiger charge is -2.21. The van der Waals surface area contributed by atoms with Crippen LogP contribution in [0.3, 0.4) is 0 Å². The van der Waals surface area contributed by atoms with Gasteiger partial charge in [-0.15, -0.1) is 0 Å². The van der Waals surface area contributed by atoms with Gasteiger partial charge in [0.15, 0.2) is 0 Å². The first-order valence-corrected chi connectivity index (χ1v) is 6.30. The van der Waals surface area contributed by atoms with Gasteiger partial charge in [0.25, 0.3) is 0 Å². The highest BCUT2D eigenvalue weighted by molar-refractivity contribution is 5.11. The van der Waals surface area contributed by atoms with Crippen molar-refractivity contribution in [3.05, 3.63) is 24.2 Å². The minimum Gasteiger partial charge on any atom is -0.472 e. The average molecular weight is 224 g/mol. The van der Waals surface area contributed by atoms with Gasteiger partial charge >= 0.3 is 0 Å². The lowest BCUT2D eigenvalue weighted by molar-refractivity contribution is 0.355. The molecule has 1 heterocycles. The molecule has 3 heteroatoms. The highest BCUT2D eigenvalue weighted by atomic mass is 16.3. The van der Waals surface area contributed by atoms with Gasteiger partial charge in [-0.3, -0.25) is 11.3 Å². The predicted octanol–water partition coefficient (Wildman–Crippen LogP) is 3.39. The van der Waals surface area contributed by atoms with Gasteiger partial charge in [0.2, 0.25) is 0 Å². The van der Waals surface area contributed by atoms with Crippen LogP contribution in [-0.2, 0) is 0 Å². The van der Waals surface area contributed by atoms with Gasteiger partial charge in [-0.1, -0.05) is 39.5 Å². The van der Waals surface area contributed by atoms with Crippen LogP contribution in [0.1, 0.15) is 57.6 Å². The molecule has 0 radical (unpaired) electrons. The van der Waals surface area contributed by atoms with Gasteiger partial charge in [0, 0.05) is 11.6 Å². The van der Waals surface area contributed by atoms with E-state index >= 15 is 0 Å². The fourth-order valence-corrected chi connectivity index (χ4v) is 2.09. The Morgan fingerprint density at radius 1 is 1.44 bits per heavy atom. The van der Waals surface area contributed by atoms with Crippen molar-refractivity contribution in [1.82, 2.24) is 5.43 Å². The van der Waals surface area contributed by atoms with E-state index in [1.807, 2.05) is 6.07 Å². The number of hydrazine groups is 1. The minimum absolute atomic E-state index is 0.223. The zero-order chi connectivity index (χ0) is 11.8. The molecule has 1 aromatic rings. The Morgan fingerprint density at radius 3 is 2.75 bits per heavy atom. The van der Waals surface area contributed by atoms with E-state index in [-0.39, 0.29) is 6.04 Å². The van der Waals surface area contributed by atoms with Gasteiger partial charge in [0.1, 0.15) is 0 Å². The molecule has 0 amide bonds. The number of nitrogens with one attached hydrogen (secondary N) is 1. The van der Waals surface area contributed by atoms with Crippen molar-refractivity contribution >= 4 is 0 Å². The van der Waals surface area contributed by atoms with E-state index in [9.17, 15) is 0 Å². The molecule has 0 bridgehead atoms. The first-order chi connectivity index (χ1) is 7.81. The Balaban J connectivity index is 2.47. The summed E-state index contributed by atoms with van der Waals surface area (Å²) in [7, 11) is 0. The van der Waals surface area contributed by atoms with Crippen molar-refractivity contribution in [3.8, 4) is 0 Å². The smallest absolute Gasteiger partial charge is 0.0950 e. The average Bonchev–Trinajstić information content (AvgIpc) is 2.83. The van der Waals surface area contributed by atoms with E-state index < -0.39 is 0 Å². The lowest BCUT2D eigenvalue weighted by Crippen LogP contribution is -2.29. The number of rotatable bonds is 8. The van der Waals surface area contributed by atoms with Crippen LogP contribution in [0, 0.1) is 5.92 Å². The van der Waals surface area contributed by atoms with Crippen molar-refractivity contribution in [2.45, 2.75) is 52.0 Å². The quantitative estimate of drug-likeness (QED) is 0.525. The van der Waals surface area contributed by atoms with Gasteiger partial charge in [-0.05, 0) is 18.4 Å². The van der Waals surface area contributed by atoms with Gasteiger partial charge in [-0.2, -0.15) is 0 Å². The van der Waals surface area contributed by atoms with Crippen molar-refractivity contribution in [1.29, 1.82) is 0 Å². The second-order valence-electron chi connectivity index (χ2n) is 4.43. The van der Waals surface area contributed by atoms with Gasteiger partial charge in [0.05, 0.1) is 12.5 Å². The van der Waals surface area contributed by atoms with Crippen LogP contribution in [-0.4, -0.2) is 0 Å². The molecule has 1 rings (SSSR count). The van der Waals surface area contributed by atoms with Crippen LogP contribution < -0.4 is 11.3 Å². The second kappa shape index (κ2) is 7.47. The summed E-state index contributed by atoms with van der Waals surface area (Å²) in [5.74, 6) is 6.35. The first kappa shape index (κ1) is 13.3. The molecule has 2 unspecified atom stereocenters. The lowest BCUT2D eigenvalue weighted by atomic mass is 9.90. The maximum absolute atomic E-state index is 5.60. The maximum atomic E-state index is 5.60. The van der Waals surface area contributed by atoms with Crippen LogP contribution in [0.5, 0.6) is 0 Å². The molecule has 92 valence electrons. The molecule has 0 aromatic carbocycles. The van der Waals surface area contributed by atoms with Crippen molar-refractivity contribution < 1.29 is 4.42 Å². The Morgan fingerprint density at radius 2 is 2.25 bits per heavy atom. The van der Waals surface area contributed by atoms with Gasteiger partial charge < -0.3 is 4.42 Å². The molecular formula is C13H24N2O. The van der Waals surface area contributed by atoms with E-state index in [2.05, 4.69) is 19.3 Å². The number of furan rings is 1. The molecule has 2 atom stereocenters. The summed E-state index contributed by atoms with van der Waals surface area (Å²) in [6.45, 7) is 4.49. The molecule has 0 aliphatic carbocycles. The molecular weight excluding hydrogens is 200 g/mol. The van der Waals surface area contributed by atoms with Crippen LogP contribution in [0.15, 0.2) is 23.0 Å². The highest BCUT2D eigenvalue weighted by Crippen LogP contribution is 2.26. The number of hydrogen-bond acceptors (Lipinski definition) is 3. The molecule has 0 saturated heterocycles. The van der Waals surface area contributed by atoms with Crippen LogP contribution >= 0.6 is 0 Å². The van der Waals surface area contributed by atoms with Crippen molar-refractivity contribution in [2.75, 3.05) is 0 Å². The molecule has 0 spiro atoms. The largest absolute Gasteiger partial charge is 0.472 e. The SMILES string of the molecule is CCCCC(CC)CC(NN)c1ccoc1. The molecule has 3 N–H and O–H groups in total. The molecule has 0 saturated carbocycles. The number of unbranched alkanes of at least 4 members (excludes halogenated alkanes) is 1. The molecule has 1 aromatic heterocycles. The Labute approximate surface area is 98.4 Å². The molecule has 3 nitrogen and oxygen atoms in total. The van der Waals surface area contributed by atoms with Crippen LogP contribution in [0.4, 0.5) is 0 Å². The van der Waals surface area contributed by atoms with E-state index in [1.165, 1.54) is 25.7 Å². The number of nitrogens with two attached hydrogens (primary N) is 1. The fourth-order valence-electron chi connectivity index (χ4n) is 2.09. The zero-order valence-electron chi connectivity index (χ0n) is 10.4. The number of hydrogen-bond donors (Lipinski definition) is 2. The first-order valence-electron chi connectivity index (χ1n) is 6.30. The summed E-state index contributed by atoms with van der Waals surface area (Å²) in [6, 6.07) is 2.21. The predicted molar refractivity (Wildman–Crippen MR) is 66.7 cm³/mol. The van der Waals surface area contributed by atoms with Crippen molar-refractivity contribution in [3.63, 3.8) is 0 Å². The summed E-state index contributed by atoms with van der Waals surface area (Å²) < 4.78 is 5.10. The Hall–Kier alpha value is -0.800. The Bertz CT molecular complexity index is 259. The third-order valence-electron chi connectivity index (χ3n) is 3.26. The molecule has 0 fully saturated rings. The normalized spacial score (nSPS) is 14.9. The summed E-state index contributed by atoms with van der Waals surface area (Å²) in [5.41, 5.74) is 4.04. The zero-order valence-corrected chi connectivity index (χ0v) is 10.4. The Kier molecular flexibility index (Phi) is 6.19. The molecule has 0 aliphatic rings. The highest BCUT2D eigenvalue weighted by Gasteiger charge is 2.16. The second-order valence-corrected chi connectivity index (χ2v) is 4.43. The van der Waals surface area contributed by atoms with E-state index in [0.29, 0.717) is 0 Å². The van der Waals surface area contributed by atoms with Crippen LogP contribution in [0.25, 0.3) is 0 Å². The van der Waals surface area contributed by atoms with Crippen molar-refractivity contribution in [2.24, 2.45) is 11.8 Å². The topological polar surface area (TPSA) is 51.2 Å². The fraction of sp³-hybridized carbons (Fsp3) is 0.692. The third kappa shape index (κ3) is 3.99. The van der Waals surface area contributed by atoms with E-state index in [0.717, 1.165) is 17.9 Å². The summed E-state index contributed by atoms with van der Waals surface area (Å²) >= 11 is 0. The summed E-state index contributed by atoms with van der Waals surface area (Å²) in [4.78, 5) is 0. The van der Waals surface area contributed by atoms with Crippen LogP contribution in [0.2, 0.25) is 0 Å². The van der Waals surface area contributed by atoms with E-state index in [4.69, 9.17) is 10.3 Å². The monoisotopic (exact) mass is 224 g/mol. The minimum atomic E-state index is 0.223. The standard InChI is InChI=1S/C13H24N2O/c1-3-5-6-11(4-2)9-13(15-14)12-7-8-16-10-12/h7-8,10-11,13,15H,3-6,9,14H2,1-2H3. The van der Waals surface area contributed by atoms with E-state index in [1.54, 1.807) is 12.5 Å². The summed E-state index contributed by atoms with van der Waals surface area (Å²) in [6.07, 6.45) is 9.65.